The van der Waals surface area contributed by atoms with Crippen molar-refractivity contribution in [2.24, 2.45) is 0 Å². The molecule has 6 nitrogen and oxygen atoms in total. The third-order valence-corrected chi connectivity index (χ3v) is 4.84. The van der Waals surface area contributed by atoms with E-state index in [0.29, 0.717) is 22.5 Å². The molecule has 1 N–H and O–H groups in total. The van der Waals surface area contributed by atoms with Crippen LogP contribution in [-0.4, -0.2) is 21.7 Å². The fraction of sp³-hybridized carbons (Fsp3) is 0.136. The fourth-order valence-electron chi connectivity index (χ4n) is 3.38. The maximum absolute atomic E-state index is 14.2. The van der Waals surface area contributed by atoms with Gasteiger partial charge in [-0.3, -0.25) is 4.40 Å². The third-order valence-electron chi connectivity index (χ3n) is 4.84. The summed E-state index contributed by atoms with van der Waals surface area (Å²) in [5, 5.41) is 20.6. The van der Waals surface area contributed by atoms with Gasteiger partial charge in [0.2, 0.25) is 0 Å². The standard InChI is InChI=1S/C22H18FN5O/c1-14-10-15(11-24)6-7-16(14)17-8-9-21(28-13-26-27-22(17)28)25-12-18-19(23)4-3-5-20(18)29-2/h3-10,13,25H,12H2,1-2H3. The Labute approximate surface area is 167 Å². The lowest BCUT2D eigenvalue weighted by molar-refractivity contribution is 0.405. The van der Waals surface area contributed by atoms with Gasteiger partial charge in [-0.15, -0.1) is 10.2 Å². The molecule has 4 aromatic rings. The van der Waals surface area contributed by atoms with Gasteiger partial charge in [-0.25, -0.2) is 4.39 Å². The fourth-order valence-corrected chi connectivity index (χ4v) is 3.38. The van der Waals surface area contributed by atoms with Crippen molar-refractivity contribution in [1.82, 2.24) is 14.6 Å². The van der Waals surface area contributed by atoms with Crippen molar-refractivity contribution in [1.29, 1.82) is 5.26 Å². The molecule has 144 valence electrons. The molecular formula is C22H18FN5O. The highest BCUT2D eigenvalue weighted by Gasteiger charge is 2.14. The number of benzene rings is 2. The maximum Gasteiger partial charge on any atom is 0.170 e. The molecule has 0 unspecified atom stereocenters. The first kappa shape index (κ1) is 18.4. The van der Waals surface area contributed by atoms with Crippen molar-refractivity contribution in [2.75, 3.05) is 12.4 Å². The van der Waals surface area contributed by atoms with Gasteiger partial charge in [0.25, 0.3) is 0 Å². The van der Waals surface area contributed by atoms with Gasteiger partial charge in [-0.05, 0) is 54.4 Å². The Hall–Kier alpha value is -3.92. The van der Waals surface area contributed by atoms with Gasteiger partial charge >= 0.3 is 0 Å². The number of nitrogens with zero attached hydrogens (tertiary/aromatic N) is 4. The number of aryl methyl sites for hydroxylation is 1. The summed E-state index contributed by atoms with van der Waals surface area (Å²) in [6.45, 7) is 2.21. The predicted molar refractivity (Wildman–Crippen MR) is 108 cm³/mol. The topological polar surface area (TPSA) is 75.2 Å². The van der Waals surface area contributed by atoms with E-state index in [-0.39, 0.29) is 12.4 Å². The first-order valence-electron chi connectivity index (χ1n) is 9.01. The second-order valence-corrected chi connectivity index (χ2v) is 6.57. The Kier molecular flexibility index (Phi) is 4.83. The number of methoxy groups -OCH3 is 1. The number of hydrogen-bond donors (Lipinski definition) is 1. The number of anilines is 1. The second-order valence-electron chi connectivity index (χ2n) is 6.57. The Morgan fingerprint density at radius 2 is 2.00 bits per heavy atom. The van der Waals surface area contributed by atoms with Crippen LogP contribution in [0.4, 0.5) is 10.2 Å². The molecule has 0 aliphatic carbocycles. The van der Waals surface area contributed by atoms with Crippen LogP contribution in [0.2, 0.25) is 0 Å². The molecule has 0 atom stereocenters. The Morgan fingerprint density at radius 1 is 1.17 bits per heavy atom. The van der Waals surface area contributed by atoms with Gasteiger partial charge < -0.3 is 10.1 Å². The number of aromatic nitrogens is 3. The van der Waals surface area contributed by atoms with Crippen LogP contribution in [0.1, 0.15) is 16.7 Å². The normalized spacial score (nSPS) is 10.7. The molecule has 2 aromatic carbocycles. The van der Waals surface area contributed by atoms with E-state index < -0.39 is 0 Å². The number of hydrogen-bond acceptors (Lipinski definition) is 5. The first-order chi connectivity index (χ1) is 14.1. The van der Waals surface area contributed by atoms with Gasteiger partial charge in [-0.2, -0.15) is 5.26 Å². The van der Waals surface area contributed by atoms with E-state index in [0.717, 1.165) is 22.5 Å². The summed E-state index contributed by atoms with van der Waals surface area (Å²) in [7, 11) is 1.52. The van der Waals surface area contributed by atoms with Crippen LogP contribution in [0.3, 0.4) is 0 Å². The molecule has 2 aromatic heterocycles. The van der Waals surface area contributed by atoms with Crippen LogP contribution in [-0.2, 0) is 6.54 Å². The number of fused-ring (bicyclic) bond motifs is 1. The van der Waals surface area contributed by atoms with E-state index in [1.165, 1.54) is 13.2 Å². The summed E-state index contributed by atoms with van der Waals surface area (Å²) < 4.78 is 21.3. The highest BCUT2D eigenvalue weighted by molar-refractivity contribution is 5.81. The van der Waals surface area contributed by atoms with E-state index in [1.807, 2.05) is 35.6 Å². The molecule has 0 bridgehead atoms. The van der Waals surface area contributed by atoms with Gasteiger partial charge in [0, 0.05) is 17.7 Å². The smallest absolute Gasteiger partial charge is 0.170 e. The molecule has 4 rings (SSSR count). The SMILES string of the molecule is COc1cccc(F)c1CNc1ccc(-c2ccc(C#N)cc2C)c2nncn12. The van der Waals surface area contributed by atoms with Gasteiger partial charge in [-0.1, -0.05) is 12.1 Å². The average molecular weight is 387 g/mol. The lowest BCUT2D eigenvalue weighted by atomic mass is 9.99. The Balaban J connectivity index is 1.70. The molecular weight excluding hydrogens is 369 g/mol. The summed E-state index contributed by atoms with van der Waals surface area (Å²) in [6.07, 6.45) is 1.61. The first-order valence-corrected chi connectivity index (χ1v) is 9.01. The molecule has 7 heteroatoms. The van der Waals surface area contributed by atoms with Crippen molar-refractivity contribution < 1.29 is 9.13 Å². The molecule has 29 heavy (non-hydrogen) atoms. The van der Waals surface area contributed by atoms with Gasteiger partial charge in [0.15, 0.2) is 5.65 Å². The quantitative estimate of drug-likeness (QED) is 0.551. The van der Waals surface area contributed by atoms with Crippen molar-refractivity contribution in [3.05, 3.63) is 77.4 Å². The van der Waals surface area contributed by atoms with Gasteiger partial charge in [0.1, 0.15) is 23.7 Å². The lowest BCUT2D eigenvalue weighted by Gasteiger charge is -2.14. The van der Waals surface area contributed by atoms with E-state index >= 15 is 0 Å². The van der Waals surface area contributed by atoms with Crippen molar-refractivity contribution in [3.63, 3.8) is 0 Å². The van der Waals surface area contributed by atoms with Crippen LogP contribution in [0.25, 0.3) is 16.8 Å². The molecule has 0 aliphatic rings. The minimum Gasteiger partial charge on any atom is -0.496 e. The van der Waals surface area contributed by atoms with Crippen LogP contribution >= 0.6 is 0 Å². The molecule has 0 radical (unpaired) electrons. The van der Waals surface area contributed by atoms with Crippen molar-refractivity contribution >= 4 is 11.5 Å². The molecule has 0 fully saturated rings. The van der Waals surface area contributed by atoms with Crippen LogP contribution < -0.4 is 10.1 Å². The molecule has 2 heterocycles. The molecule has 0 spiro atoms. The van der Waals surface area contributed by atoms with E-state index in [1.54, 1.807) is 24.5 Å². The number of pyridine rings is 1. The van der Waals surface area contributed by atoms with E-state index in [9.17, 15) is 4.39 Å². The molecule has 0 saturated heterocycles. The summed E-state index contributed by atoms with van der Waals surface area (Å²) in [5.74, 6) is 0.884. The molecule has 0 saturated carbocycles. The van der Waals surface area contributed by atoms with Crippen molar-refractivity contribution in [2.45, 2.75) is 13.5 Å². The third kappa shape index (κ3) is 3.36. The summed E-state index contributed by atoms with van der Waals surface area (Å²) in [5.41, 5.74) is 4.58. The number of nitriles is 1. The second kappa shape index (κ2) is 7.60. The number of rotatable bonds is 5. The Morgan fingerprint density at radius 3 is 2.76 bits per heavy atom. The van der Waals surface area contributed by atoms with Gasteiger partial charge in [0.05, 0.1) is 18.7 Å². The minimum absolute atomic E-state index is 0.248. The zero-order chi connectivity index (χ0) is 20.4. The monoisotopic (exact) mass is 387 g/mol. The van der Waals surface area contributed by atoms with E-state index in [2.05, 4.69) is 21.6 Å². The maximum atomic E-state index is 14.2. The number of ether oxygens (including phenoxy) is 1. The minimum atomic E-state index is -0.332. The highest BCUT2D eigenvalue weighted by Crippen LogP contribution is 2.30. The van der Waals surface area contributed by atoms with Crippen LogP contribution in [0.15, 0.2) is 54.9 Å². The van der Waals surface area contributed by atoms with E-state index in [4.69, 9.17) is 10.00 Å². The molecule has 0 aliphatic heterocycles. The number of halogens is 1. The molecule has 0 amide bonds. The largest absolute Gasteiger partial charge is 0.496 e. The summed E-state index contributed by atoms with van der Waals surface area (Å²) >= 11 is 0. The zero-order valence-electron chi connectivity index (χ0n) is 16.0. The van der Waals surface area contributed by atoms with Crippen molar-refractivity contribution in [3.8, 4) is 22.9 Å². The zero-order valence-corrected chi connectivity index (χ0v) is 16.0. The summed E-state index contributed by atoms with van der Waals surface area (Å²) in [4.78, 5) is 0. The lowest BCUT2D eigenvalue weighted by Crippen LogP contribution is -2.07. The van der Waals surface area contributed by atoms with Crippen LogP contribution in [0, 0.1) is 24.1 Å². The Bertz CT molecular complexity index is 1240. The highest BCUT2D eigenvalue weighted by atomic mass is 19.1. The average Bonchev–Trinajstić information content (AvgIpc) is 3.23. The summed E-state index contributed by atoms with van der Waals surface area (Å²) in [6, 6.07) is 16.3. The predicted octanol–water partition coefficient (Wildman–Crippen LogP) is 4.34. The van der Waals surface area contributed by atoms with Crippen LogP contribution in [0.5, 0.6) is 5.75 Å². The number of nitrogens with one attached hydrogen (secondary N) is 1.